The van der Waals surface area contributed by atoms with E-state index in [1.165, 1.54) is 21.9 Å². The number of hydrogen-bond acceptors (Lipinski definition) is 1. The Balaban J connectivity index is 1.32. The molecule has 5 heteroatoms. The lowest BCUT2D eigenvalue weighted by Gasteiger charge is -2.24. The second kappa shape index (κ2) is 7.02. The van der Waals surface area contributed by atoms with Crippen LogP contribution in [-0.2, 0) is 17.6 Å². The summed E-state index contributed by atoms with van der Waals surface area (Å²) in [6, 6.07) is 14.2. The molecule has 1 aliphatic carbocycles. The fraction of sp³-hybridized carbons (Fsp3) is 0.261. The standard InChI is InChI=1S/C23H22ClN3O/c24-18-8-3-6-16-17-7-4-10-20(23(17)27-22(16)18)26-21(28)12-11-14-13-25-19-9-2-1-5-15(14)19/h1-3,5-6,8-9,13,20,25,27H,4,7,10-12H2,(H,26,28)/t20-/m1/s1. The summed E-state index contributed by atoms with van der Waals surface area (Å²) in [7, 11) is 0. The summed E-state index contributed by atoms with van der Waals surface area (Å²) >= 11 is 6.36. The molecule has 3 N–H and O–H groups in total. The molecule has 142 valence electrons. The van der Waals surface area contributed by atoms with Gasteiger partial charge in [-0.05, 0) is 48.9 Å². The number of benzene rings is 2. The van der Waals surface area contributed by atoms with Crippen molar-refractivity contribution >= 4 is 39.3 Å². The van der Waals surface area contributed by atoms with Crippen molar-refractivity contribution in [3.8, 4) is 0 Å². The van der Waals surface area contributed by atoms with Gasteiger partial charge in [0.15, 0.2) is 0 Å². The molecule has 0 unspecified atom stereocenters. The van der Waals surface area contributed by atoms with Crippen molar-refractivity contribution in [3.63, 3.8) is 0 Å². The van der Waals surface area contributed by atoms with Gasteiger partial charge in [0.25, 0.3) is 0 Å². The fourth-order valence-electron chi connectivity index (χ4n) is 4.45. The number of aromatic amines is 2. The largest absolute Gasteiger partial charge is 0.361 e. The predicted molar refractivity (Wildman–Crippen MR) is 114 cm³/mol. The fourth-order valence-corrected chi connectivity index (χ4v) is 4.67. The first-order valence-electron chi connectivity index (χ1n) is 9.84. The lowest BCUT2D eigenvalue weighted by molar-refractivity contribution is -0.121. The van der Waals surface area contributed by atoms with E-state index < -0.39 is 0 Å². The zero-order valence-corrected chi connectivity index (χ0v) is 16.3. The van der Waals surface area contributed by atoms with Gasteiger partial charge >= 0.3 is 0 Å². The zero-order chi connectivity index (χ0) is 19.1. The van der Waals surface area contributed by atoms with E-state index in [2.05, 4.69) is 33.5 Å². The maximum Gasteiger partial charge on any atom is 0.220 e. The molecule has 1 aliphatic rings. The summed E-state index contributed by atoms with van der Waals surface area (Å²) in [6.45, 7) is 0. The first-order valence-corrected chi connectivity index (χ1v) is 10.2. The summed E-state index contributed by atoms with van der Waals surface area (Å²) in [5, 5.41) is 6.35. The Labute approximate surface area is 168 Å². The quantitative estimate of drug-likeness (QED) is 0.427. The topological polar surface area (TPSA) is 60.7 Å². The van der Waals surface area contributed by atoms with Crippen molar-refractivity contribution in [2.24, 2.45) is 0 Å². The number of amides is 1. The highest BCUT2D eigenvalue weighted by atomic mass is 35.5. The van der Waals surface area contributed by atoms with Crippen LogP contribution in [0.3, 0.4) is 0 Å². The molecule has 0 saturated carbocycles. The number of para-hydroxylation sites is 2. The highest BCUT2D eigenvalue weighted by Crippen LogP contribution is 2.37. The van der Waals surface area contributed by atoms with E-state index in [9.17, 15) is 4.79 Å². The van der Waals surface area contributed by atoms with Crippen LogP contribution < -0.4 is 5.32 Å². The van der Waals surface area contributed by atoms with Crippen molar-refractivity contribution in [1.82, 2.24) is 15.3 Å². The van der Waals surface area contributed by atoms with E-state index in [0.29, 0.717) is 6.42 Å². The molecule has 4 aromatic rings. The molecule has 2 aromatic heterocycles. The van der Waals surface area contributed by atoms with Crippen LogP contribution in [0.2, 0.25) is 5.02 Å². The third-order valence-electron chi connectivity index (χ3n) is 5.82. The normalized spacial score (nSPS) is 16.4. The molecule has 0 bridgehead atoms. The van der Waals surface area contributed by atoms with Gasteiger partial charge in [0.2, 0.25) is 5.91 Å². The van der Waals surface area contributed by atoms with E-state index >= 15 is 0 Å². The summed E-state index contributed by atoms with van der Waals surface area (Å²) in [5.74, 6) is 0.0906. The molecular weight excluding hydrogens is 370 g/mol. The van der Waals surface area contributed by atoms with E-state index in [1.54, 1.807) is 0 Å². The molecule has 28 heavy (non-hydrogen) atoms. The van der Waals surface area contributed by atoms with Crippen molar-refractivity contribution in [3.05, 3.63) is 70.5 Å². The first kappa shape index (κ1) is 17.4. The van der Waals surface area contributed by atoms with Crippen molar-refractivity contribution in [2.45, 2.75) is 38.1 Å². The third-order valence-corrected chi connectivity index (χ3v) is 6.14. The number of halogens is 1. The Hall–Kier alpha value is -2.72. The number of H-pyrrole nitrogens is 2. The number of carbonyl (C=O) groups is 1. The van der Waals surface area contributed by atoms with Crippen LogP contribution in [0.4, 0.5) is 0 Å². The first-order chi connectivity index (χ1) is 13.7. The molecule has 0 radical (unpaired) electrons. The van der Waals surface area contributed by atoms with E-state index in [-0.39, 0.29) is 11.9 Å². The van der Waals surface area contributed by atoms with Crippen molar-refractivity contribution < 1.29 is 4.79 Å². The minimum absolute atomic E-state index is 0.0303. The highest BCUT2D eigenvalue weighted by Gasteiger charge is 2.26. The van der Waals surface area contributed by atoms with Gasteiger partial charge in [0, 0.05) is 34.6 Å². The molecule has 5 rings (SSSR count). The van der Waals surface area contributed by atoms with Gasteiger partial charge in [-0.15, -0.1) is 0 Å². The zero-order valence-electron chi connectivity index (χ0n) is 15.5. The van der Waals surface area contributed by atoms with Crippen molar-refractivity contribution in [2.75, 3.05) is 0 Å². The maximum atomic E-state index is 12.7. The van der Waals surface area contributed by atoms with E-state index in [1.807, 2.05) is 30.5 Å². The van der Waals surface area contributed by atoms with Gasteiger partial charge in [-0.1, -0.05) is 41.9 Å². The second-order valence-corrected chi connectivity index (χ2v) is 7.96. The van der Waals surface area contributed by atoms with E-state index in [0.717, 1.165) is 47.4 Å². The molecule has 4 nitrogen and oxygen atoms in total. The molecule has 0 saturated heterocycles. The van der Waals surface area contributed by atoms with Crippen LogP contribution in [0.15, 0.2) is 48.7 Å². The average Bonchev–Trinajstić information content (AvgIpc) is 3.30. The molecule has 0 aliphatic heterocycles. The number of hydrogen-bond donors (Lipinski definition) is 3. The van der Waals surface area contributed by atoms with Crippen LogP contribution in [0.1, 0.15) is 42.1 Å². The Kier molecular flexibility index (Phi) is 4.36. The van der Waals surface area contributed by atoms with Crippen LogP contribution in [-0.4, -0.2) is 15.9 Å². The molecule has 1 atom stereocenters. The second-order valence-electron chi connectivity index (χ2n) is 7.55. The number of aromatic nitrogens is 2. The Morgan fingerprint density at radius 2 is 2.00 bits per heavy atom. The SMILES string of the molecule is O=C(CCc1c[nH]c2ccccc12)N[C@@H]1CCCc2c1[nH]c1c(Cl)cccc21. The summed E-state index contributed by atoms with van der Waals surface area (Å²) in [4.78, 5) is 19.4. The van der Waals surface area contributed by atoms with Gasteiger partial charge in [0.1, 0.15) is 0 Å². The van der Waals surface area contributed by atoms with Crippen LogP contribution >= 0.6 is 11.6 Å². The number of aryl methyl sites for hydroxylation is 2. The minimum Gasteiger partial charge on any atom is -0.361 e. The number of carbonyl (C=O) groups excluding carboxylic acids is 1. The molecular formula is C23H22ClN3O. The number of rotatable bonds is 4. The summed E-state index contributed by atoms with van der Waals surface area (Å²) in [5.41, 5.74) is 5.70. The third kappa shape index (κ3) is 2.98. The minimum atomic E-state index is 0.0303. The molecule has 0 spiro atoms. The Bertz CT molecular complexity index is 1170. The van der Waals surface area contributed by atoms with E-state index in [4.69, 9.17) is 11.6 Å². The molecule has 0 fully saturated rings. The lowest BCUT2D eigenvalue weighted by Crippen LogP contribution is -2.31. The average molecular weight is 392 g/mol. The van der Waals surface area contributed by atoms with Crippen LogP contribution in [0, 0.1) is 0 Å². The van der Waals surface area contributed by atoms with Gasteiger partial charge in [0.05, 0.1) is 16.6 Å². The smallest absolute Gasteiger partial charge is 0.220 e. The molecule has 2 aromatic carbocycles. The van der Waals surface area contributed by atoms with Gasteiger partial charge in [-0.2, -0.15) is 0 Å². The Morgan fingerprint density at radius 1 is 1.14 bits per heavy atom. The predicted octanol–water partition coefficient (Wildman–Crippen LogP) is 5.43. The maximum absolute atomic E-state index is 12.7. The molecule has 2 heterocycles. The van der Waals surface area contributed by atoms with Gasteiger partial charge in [-0.25, -0.2) is 0 Å². The lowest BCUT2D eigenvalue weighted by atomic mass is 9.91. The highest BCUT2D eigenvalue weighted by molar-refractivity contribution is 6.35. The van der Waals surface area contributed by atoms with Gasteiger partial charge < -0.3 is 15.3 Å². The Morgan fingerprint density at radius 3 is 2.93 bits per heavy atom. The summed E-state index contributed by atoms with van der Waals surface area (Å²) in [6.07, 6.45) is 6.27. The van der Waals surface area contributed by atoms with Crippen molar-refractivity contribution in [1.29, 1.82) is 0 Å². The van der Waals surface area contributed by atoms with Crippen LogP contribution in [0.25, 0.3) is 21.8 Å². The molecule has 1 amide bonds. The number of fused-ring (bicyclic) bond motifs is 4. The monoisotopic (exact) mass is 391 g/mol. The number of nitrogens with one attached hydrogen (secondary N) is 3. The van der Waals surface area contributed by atoms with Crippen LogP contribution in [0.5, 0.6) is 0 Å². The summed E-state index contributed by atoms with van der Waals surface area (Å²) < 4.78 is 0. The van der Waals surface area contributed by atoms with Gasteiger partial charge in [-0.3, -0.25) is 4.79 Å².